The van der Waals surface area contributed by atoms with Crippen molar-refractivity contribution in [1.29, 1.82) is 0 Å². The van der Waals surface area contributed by atoms with Crippen molar-refractivity contribution in [3.05, 3.63) is 46.4 Å². The minimum atomic E-state index is -1.05. The molecule has 2 aromatic rings. The van der Waals surface area contributed by atoms with Gasteiger partial charge >= 0.3 is 11.9 Å². The molecule has 21 heavy (non-hydrogen) atoms. The Bertz CT molecular complexity index is 670. The van der Waals surface area contributed by atoms with Crippen LogP contribution in [0.25, 0.3) is 10.8 Å². The molecular weight excluding hydrogens is 338 g/mol. The molecule has 0 aliphatic rings. The zero-order chi connectivity index (χ0) is 15.4. The first-order chi connectivity index (χ1) is 9.97. The number of fused-ring (bicyclic) bond motifs is 1. The number of rotatable bonds is 6. The maximum atomic E-state index is 10.8. The third kappa shape index (κ3) is 4.03. The summed E-state index contributed by atoms with van der Waals surface area (Å²) in [7, 11) is 0. The van der Waals surface area contributed by atoms with Gasteiger partial charge in [-0.1, -0.05) is 36.4 Å². The molecule has 0 heterocycles. The first-order valence-electron chi connectivity index (χ1n) is 6.29. The van der Waals surface area contributed by atoms with Crippen molar-refractivity contribution in [2.24, 2.45) is 0 Å². The van der Waals surface area contributed by atoms with Gasteiger partial charge in [-0.3, -0.25) is 14.5 Å². The molecule has 0 aliphatic carbocycles. The molecule has 0 spiro atoms. The van der Waals surface area contributed by atoms with Crippen LogP contribution >= 0.6 is 15.9 Å². The van der Waals surface area contributed by atoms with Crippen LogP contribution in [0.15, 0.2) is 40.9 Å². The lowest BCUT2D eigenvalue weighted by atomic mass is 10.1. The average molecular weight is 352 g/mol. The van der Waals surface area contributed by atoms with Crippen LogP contribution in [0, 0.1) is 0 Å². The van der Waals surface area contributed by atoms with Gasteiger partial charge in [-0.2, -0.15) is 0 Å². The van der Waals surface area contributed by atoms with Crippen molar-refractivity contribution >= 4 is 38.6 Å². The molecule has 0 aromatic heterocycles. The molecule has 0 fully saturated rings. The van der Waals surface area contributed by atoms with Gasteiger partial charge in [0.2, 0.25) is 0 Å². The van der Waals surface area contributed by atoms with E-state index in [0.29, 0.717) is 0 Å². The summed E-state index contributed by atoms with van der Waals surface area (Å²) in [5, 5.41) is 19.8. The van der Waals surface area contributed by atoms with Crippen molar-refractivity contribution in [2.75, 3.05) is 13.1 Å². The van der Waals surface area contributed by atoms with Crippen LogP contribution < -0.4 is 0 Å². The van der Waals surface area contributed by atoms with Crippen LogP contribution in [0.5, 0.6) is 0 Å². The first kappa shape index (κ1) is 15.5. The van der Waals surface area contributed by atoms with E-state index >= 15 is 0 Å². The molecule has 5 nitrogen and oxygen atoms in total. The summed E-state index contributed by atoms with van der Waals surface area (Å²) in [6.45, 7) is -0.374. The minimum Gasteiger partial charge on any atom is -0.480 e. The number of aliphatic carboxylic acids is 2. The quantitative estimate of drug-likeness (QED) is 0.836. The van der Waals surface area contributed by atoms with Crippen molar-refractivity contribution in [3.63, 3.8) is 0 Å². The van der Waals surface area contributed by atoms with Gasteiger partial charge in [-0.25, -0.2) is 0 Å². The van der Waals surface area contributed by atoms with Gasteiger partial charge in [0.15, 0.2) is 0 Å². The van der Waals surface area contributed by atoms with Crippen LogP contribution in [0.1, 0.15) is 5.56 Å². The molecule has 110 valence electrons. The lowest BCUT2D eigenvalue weighted by Crippen LogP contribution is -2.34. The number of benzene rings is 2. The highest BCUT2D eigenvalue weighted by molar-refractivity contribution is 9.10. The predicted molar refractivity (Wildman–Crippen MR) is 82.2 cm³/mol. The van der Waals surface area contributed by atoms with E-state index in [-0.39, 0.29) is 19.6 Å². The van der Waals surface area contributed by atoms with E-state index in [1.165, 1.54) is 4.90 Å². The van der Waals surface area contributed by atoms with Gasteiger partial charge in [0.25, 0.3) is 0 Å². The van der Waals surface area contributed by atoms with Crippen molar-refractivity contribution in [2.45, 2.75) is 6.54 Å². The van der Waals surface area contributed by atoms with E-state index in [2.05, 4.69) is 15.9 Å². The van der Waals surface area contributed by atoms with Gasteiger partial charge in [0, 0.05) is 11.0 Å². The SMILES string of the molecule is O=C(O)CN(CC(=O)O)Cc1ccc2ccccc2c1Br. The zero-order valence-corrected chi connectivity index (χ0v) is 12.7. The van der Waals surface area contributed by atoms with Crippen LogP contribution in [0.2, 0.25) is 0 Å². The molecule has 0 unspecified atom stereocenters. The number of nitrogens with zero attached hydrogens (tertiary/aromatic N) is 1. The molecular formula is C15H14BrNO4. The fourth-order valence-electron chi connectivity index (χ4n) is 2.19. The highest BCUT2D eigenvalue weighted by Crippen LogP contribution is 2.28. The third-order valence-corrected chi connectivity index (χ3v) is 3.99. The van der Waals surface area contributed by atoms with Gasteiger partial charge in [-0.05, 0) is 32.3 Å². The topological polar surface area (TPSA) is 77.8 Å². The second kappa shape index (κ2) is 6.69. The standard InChI is InChI=1S/C15H14BrNO4/c16-15-11(6-5-10-3-1-2-4-12(10)15)7-17(8-13(18)19)9-14(20)21/h1-6H,7-9H2,(H,18,19)(H,20,21). The first-order valence-corrected chi connectivity index (χ1v) is 7.08. The Labute approximate surface area is 129 Å². The number of halogens is 1. The molecule has 0 amide bonds. The second-order valence-electron chi connectivity index (χ2n) is 4.69. The number of carboxylic acids is 2. The Morgan fingerprint density at radius 3 is 2.24 bits per heavy atom. The van der Waals surface area contributed by atoms with Crippen molar-refractivity contribution in [1.82, 2.24) is 4.90 Å². The van der Waals surface area contributed by atoms with Gasteiger partial charge in [0.1, 0.15) is 0 Å². The third-order valence-electron chi connectivity index (χ3n) is 3.05. The summed E-state index contributed by atoms with van der Waals surface area (Å²) < 4.78 is 0.862. The lowest BCUT2D eigenvalue weighted by molar-refractivity contribution is -0.142. The highest BCUT2D eigenvalue weighted by Gasteiger charge is 2.16. The highest BCUT2D eigenvalue weighted by atomic mass is 79.9. The van der Waals surface area contributed by atoms with Crippen LogP contribution in [0.3, 0.4) is 0 Å². The van der Waals surface area contributed by atoms with E-state index in [1.54, 1.807) is 0 Å². The van der Waals surface area contributed by atoms with Crippen LogP contribution in [0.4, 0.5) is 0 Å². The number of hydrogen-bond acceptors (Lipinski definition) is 3. The minimum absolute atomic E-state index is 0.254. The maximum Gasteiger partial charge on any atom is 0.317 e. The van der Waals surface area contributed by atoms with Gasteiger partial charge in [-0.15, -0.1) is 0 Å². The molecule has 2 N–H and O–H groups in total. The summed E-state index contributed by atoms with van der Waals surface area (Å²) >= 11 is 3.52. The smallest absolute Gasteiger partial charge is 0.317 e. The van der Waals surface area contributed by atoms with Gasteiger partial charge < -0.3 is 10.2 Å². The summed E-state index contributed by atoms with van der Waals surface area (Å²) in [6, 6.07) is 11.6. The number of carbonyl (C=O) groups is 2. The predicted octanol–water partition coefficient (Wildman–Crippen LogP) is 2.57. The van der Waals surface area contributed by atoms with E-state index in [0.717, 1.165) is 20.8 Å². The fourth-order valence-corrected chi connectivity index (χ4v) is 2.81. The van der Waals surface area contributed by atoms with Crippen LogP contribution in [-0.2, 0) is 16.1 Å². The Morgan fingerprint density at radius 1 is 1.00 bits per heavy atom. The van der Waals surface area contributed by atoms with E-state index in [1.807, 2.05) is 36.4 Å². The molecule has 0 aliphatic heterocycles. The normalized spacial score (nSPS) is 11.0. The molecule has 0 bridgehead atoms. The summed E-state index contributed by atoms with van der Waals surface area (Å²) in [4.78, 5) is 23.0. The maximum absolute atomic E-state index is 10.8. The van der Waals surface area contributed by atoms with Crippen molar-refractivity contribution < 1.29 is 19.8 Å². The molecule has 0 saturated carbocycles. The van der Waals surface area contributed by atoms with Crippen molar-refractivity contribution in [3.8, 4) is 0 Å². The van der Waals surface area contributed by atoms with E-state index in [9.17, 15) is 9.59 Å². The molecule has 2 rings (SSSR count). The molecule has 0 saturated heterocycles. The largest absolute Gasteiger partial charge is 0.480 e. The summed E-state index contributed by atoms with van der Waals surface area (Å²) in [5.41, 5.74) is 0.858. The van der Waals surface area contributed by atoms with E-state index < -0.39 is 11.9 Å². The van der Waals surface area contributed by atoms with E-state index in [4.69, 9.17) is 10.2 Å². The summed E-state index contributed by atoms with van der Waals surface area (Å²) in [6.07, 6.45) is 0. The van der Waals surface area contributed by atoms with Gasteiger partial charge in [0.05, 0.1) is 13.1 Å². The zero-order valence-electron chi connectivity index (χ0n) is 11.1. The molecule has 2 aromatic carbocycles. The number of carboxylic acid groups (broad SMARTS) is 2. The molecule has 0 radical (unpaired) electrons. The van der Waals surface area contributed by atoms with Crippen LogP contribution in [-0.4, -0.2) is 40.1 Å². The Kier molecular flexibility index (Phi) is 4.93. The lowest BCUT2D eigenvalue weighted by Gasteiger charge is -2.19. The monoisotopic (exact) mass is 351 g/mol. The fraction of sp³-hybridized carbons (Fsp3) is 0.200. The molecule has 6 heteroatoms. The number of hydrogen-bond donors (Lipinski definition) is 2. The molecule has 0 atom stereocenters. The Balaban J connectivity index is 2.29. The summed E-state index contributed by atoms with van der Waals surface area (Å²) in [5.74, 6) is -2.10. The second-order valence-corrected chi connectivity index (χ2v) is 5.49. The Hall–Kier alpha value is -1.92. The Morgan fingerprint density at radius 2 is 1.62 bits per heavy atom. The average Bonchev–Trinajstić information content (AvgIpc) is 2.41.